The van der Waals surface area contributed by atoms with Crippen LogP contribution in [0, 0.1) is 0 Å². The zero-order valence-corrected chi connectivity index (χ0v) is 9.96. The van der Waals surface area contributed by atoms with Crippen LogP contribution < -0.4 is 4.72 Å². The van der Waals surface area contributed by atoms with Crippen LogP contribution in [0.4, 0.5) is 0 Å². The first-order chi connectivity index (χ1) is 8.59. The van der Waals surface area contributed by atoms with Crippen molar-refractivity contribution in [2.45, 2.75) is 5.03 Å². The quantitative estimate of drug-likeness (QED) is 0.875. The Balaban J connectivity index is 2.23. The number of aromatic nitrogens is 2. The fourth-order valence-corrected chi connectivity index (χ4v) is 2.14. The van der Waals surface area contributed by atoms with Crippen LogP contribution in [-0.2, 0) is 10.0 Å². The summed E-state index contributed by atoms with van der Waals surface area (Å²) < 4.78 is 25.5. The number of hydrogen-bond donors (Lipinski definition) is 1. The Morgan fingerprint density at radius 3 is 2.22 bits per heavy atom. The molecule has 0 unspecified atom stereocenters. The van der Waals surface area contributed by atoms with E-state index >= 15 is 0 Å². The molecule has 0 saturated carbocycles. The first kappa shape index (κ1) is 12.2. The molecule has 0 aliphatic rings. The molecular formula is C11H9N3O3S. The smallest absolute Gasteiger partial charge is 0.266 e. The molecule has 92 valence electrons. The molecular weight excluding hydrogens is 254 g/mol. The maximum atomic E-state index is 11.8. The Labute approximate surface area is 104 Å². The minimum atomic E-state index is -3.96. The summed E-state index contributed by atoms with van der Waals surface area (Å²) in [6.45, 7) is 0. The number of carbonyl (C=O) groups is 1. The lowest BCUT2D eigenvalue weighted by Gasteiger charge is -2.04. The Kier molecular flexibility index (Phi) is 3.33. The summed E-state index contributed by atoms with van der Waals surface area (Å²) in [6, 6.07) is 9.04. The van der Waals surface area contributed by atoms with E-state index < -0.39 is 15.9 Å². The SMILES string of the molecule is O=C(NS(=O)(=O)c1ccccn1)c1ccccn1. The predicted molar refractivity (Wildman–Crippen MR) is 63.1 cm³/mol. The molecule has 6 nitrogen and oxygen atoms in total. The molecule has 0 bridgehead atoms. The van der Waals surface area contributed by atoms with E-state index in [0.717, 1.165) is 0 Å². The topological polar surface area (TPSA) is 89.0 Å². The highest BCUT2D eigenvalue weighted by Crippen LogP contribution is 2.04. The van der Waals surface area contributed by atoms with E-state index in [2.05, 4.69) is 9.97 Å². The van der Waals surface area contributed by atoms with E-state index in [1.165, 1.54) is 30.6 Å². The molecule has 1 N–H and O–H groups in total. The van der Waals surface area contributed by atoms with E-state index in [-0.39, 0.29) is 10.7 Å². The molecule has 2 heterocycles. The van der Waals surface area contributed by atoms with Crippen LogP contribution in [0.25, 0.3) is 0 Å². The molecule has 0 aliphatic carbocycles. The summed E-state index contributed by atoms with van der Waals surface area (Å²) >= 11 is 0. The maximum Gasteiger partial charge on any atom is 0.283 e. The Hall–Kier alpha value is -2.28. The minimum absolute atomic E-state index is 0.0250. The molecule has 0 spiro atoms. The van der Waals surface area contributed by atoms with Gasteiger partial charge in [-0.15, -0.1) is 0 Å². The van der Waals surface area contributed by atoms with E-state index in [1.807, 2.05) is 4.72 Å². The van der Waals surface area contributed by atoms with Crippen molar-refractivity contribution in [2.75, 3.05) is 0 Å². The number of pyridine rings is 2. The summed E-state index contributed by atoms with van der Waals surface area (Å²) in [4.78, 5) is 19.1. The van der Waals surface area contributed by atoms with Crippen LogP contribution in [0.15, 0.2) is 53.8 Å². The molecule has 0 radical (unpaired) electrons. The Morgan fingerprint density at radius 2 is 1.67 bits per heavy atom. The highest BCUT2D eigenvalue weighted by Gasteiger charge is 2.19. The van der Waals surface area contributed by atoms with Crippen LogP contribution in [0.3, 0.4) is 0 Å². The second-order valence-electron chi connectivity index (χ2n) is 3.32. The lowest BCUT2D eigenvalue weighted by molar-refractivity contribution is 0.0976. The van der Waals surface area contributed by atoms with E-state index in [4.69, 9.17) is 0 Å². The molecule has 0 fully saturated rings. The average Bonchev–Trinajstić information content (AvgIpc) is 2.40. The molecule has 0 saturated heterocycles. The van der Waals surface area contributed by atoms with Crippen LogP contribution in [0.5, 0.6) is 0 Å². The van der Waals surface area contributed by atoms with Gasteiger partial charge in [0, 0.05) is 12.4 Å². The maximum absolute atomic E-state index is 11.8. The van der Waals surface area contributed by atoms with Crippen molar-refractivity contribution in [3.63, 3.8) is 0 Å². The standard InChI is InChI=1S/C11H9N3O3S/c15-11(9-5-1-3-7-12-9)14-18(16,17)10-6-2-4-8-13-10/h1-8H,(H,14,15). The molecule has 0 aromatic carbocycles. The number of sulfonamides is 1. The van der Waals surface area contributed by atoms with Gasteiger partial charge >= 0.3 is 0 Å². The molecule has 0 atom stereocenters. The van der Waals surface area contributed by atoms with E-state index in [0.29, 0.717) is 0 Å². The summed E-state index contributed by atoms with van der Waals surface area (Å²) in [5.41, 5.74) is 0.0250. The highest BCUT2D eigenvalue weighted by molar-refractivity contribution is 7.90. The molecule has 0 aliphatic heterocycles. The van der Waals surface area contributed by atoms with Gasteiger partial charge in [0.25, 0.3) is 15.9 Å². The van der Waals surface area contributed by atoms with Crippen molar-refractivity contribution in [1.82, 2.24) is 14.7 Å². The third-order valence-corrected chi connectivity index (χ3v) is 3.28. The van der Waals surface area contributed by atoms with Gasteiger partial charge in [-0.1, -0.05) is 12.1 Å². The third kappa shape index (κ3) is 2.69. The first-order valence-electron chi connectivity index (χ1n) is 4.99. The number of rotatable bonds is 3. The van der Waals surface area contributed by atoms with Gasteiger partial charge in [-0.3, -0.25) is 9.78 Å². The van der Waals surface area contributed by atoms with Crippen molar-refractivity contribution in [3.8, 4) is 0 Å². The number of hydrogen-bond acceptors (Lipinski definition) is 5. The van der Waals surface area contributed by atoms with Gasteiger partial charge in [0.05, 0.1) is 0 Å². The van der Waals surface area contributed by atoms with E-state index in [9.17, 15) is 13.2 Å². The van der Waals surface area contributed by atoms with Gasteiger partial charge in [0.1, 0.15) is 5.69 Å². The third-order valence-electron chi connectivity index (χ3n) is 2.04. The van der Waals surface area contributed by atoms with Crippen LogP contribution in [-0.4, -0.2) is 24.3 Å². The van der Waals surface area contributed by atoms with Crippen molar-refractivity contribution in [3.05, 3.63) is 54.5 Å². The highest BCUT2D eigenvalue weighted by atomic mass is 32.2. The van der Waals surface area contributed by atoms with Crippen molar-refractivity contribution >= 4 is 15.9 Å². The van der Waals surface area contributed by atoms with Gasteiger partial charge in [0.2, 0.25) is 0 Å². The second kappa shape index (κ2) is 4.92. The van der Waals surface area contributed by atoms with Crippen molar-refractivity contribution in [2.24, 2.45) is 0 Å². The second-order valence-corrected chi connectivity index (χ2v) is 4.95. The number of nitrogens with zero attached hydrogens (tertiary/aromatic N) is 2. The fourth-order valence-electron chi connectivity index (χ4n) is 1.23. The zero-order chi connectivity index (χ0) is 13.0. The average molecular weight is 263 g/mol. The summed E-state index contributed by atoms with van der Waals surface area (Å²) in [5.74, 6) is -0.791. The number of amides is 1. The lowest BCUT2D eigenvalue weighted by atomic mass is 10.3. The van der Waals surface area contributed by atoms with Crippen LogP contribution in [0.1, 0.15) is 10.5 Å². The molecule has 2 aromatic rings. The Bertz CT molecular complexity index is 642. The van der Waals surface area contributed by atoms with Crippen molar-refractivity contribution < 1.29 is 13.2 Å². The molecule has 2 aromatic heterocycles. The molecule has 2 rings (SSSR count). The fraction of sp³-hybridized carbons (Fsp3) is 0. The monoisotopic (exact) mass is 263 g/mol. The van der Waals surface area contributed by atoms with Crippen molar-refractivity contribution in [1.29, 1.82) is 0 Å². The summed E-state index contributed by atoms with van der Waals surface area (Å²) in [6.07, 6.45) is 2.74. The minimum Gasteiger partial charge on any atom is -0.266 e. The summed E-state index contributed by atoms with van der Waals surface area (Å²) in [5, 5.41) is -0.214. The lowest BCUT2D eigenvalue weighted by Crippen LogP contribution is -2.31. The Morgan fingerprint density at radius 1 is 1.00 bits per heavy atom. The number of carbonyl (C=O) groups excluding carboxylic acids is 1. The van der Waals surface area contributed by atoms with Gasteiger partial charge in [-0.05, 0) is 24.3 Å². The normalized spacial score (nSPS) is 10.9. The van der Waals surface area contributed by atoms with Crippen LogP contribution >= 0.6 is 0 Å². The zero-order valence-electron chi connectivity index (χ0n) is 9.15. The van der Waals surface area contributed by atoms with E-state index in [1.54, 1.807) is 18.2 Å². The largest absolute Gasteiger partial charge is 0.283 e. The number of nitrogens with one attached hydrogen (secondary N) is 1. The first-order valence-corrected chi connectivity index (χ1v) is 6.47. The molecule has 18 heavy (non-hydrogen) atoms. The van der Waals surface area contributed by atoms with Gasteiger partial charge in [0.15, 0.2) is 5.03 Å². The summed E-state index contributed by atoms with van der Waals surface area (Å²) in [7, 11) is -3.96. The van der Waals surface area contributed by atoms with Gasteiger partial charge in [-0.2, -0.15) is 8.42 Å². The predicted octanol–water partition coefficient (Wildman–Crippen LogP) is 0.595. The van der Waals surface area contributed by atoms with Gasteiger partial charge in [-0.25, -0.2) is 9.71 Å². The van der Waals surface area contributed by atoms with Crippen LogP contribution in [0.2, 0.25) is 0 Å². The molecule has 1 amide bonds. The van der Waals surface area contributed by atoms with Gasteiger partial charge < -0.3 is 0 Å². The molecule has 7 heteroatoms.